The van der Waals surface area contributed by atoms with Crippen LogP contribution in [0.15, 0.2) is 35.4 Å². The first kappa shape index (κ1) is 67.3. The van der Waals surface area contributed by atoms with Gasteiger partial charge in [0.25, 0.3) is 0 Å². The van der Waals surface area contributed by atoms with E-state index >= 15 is 0 Å². The molecule has 6 fully saturated rings. The van der Waals surface area contributed by atoms with Crippen LogP contribution in [0.4, 0.5) is 0 Å². The zero-order chi connectivity index (χ0) is 54.5. The number of H-pyrrole nitrogens is 1. The molecule has 0 aromatic carbocycles. The zero-order valence-corrected chi connectivity index (χ0v) is 51.2. The lowest BCUT2D eigenvalue weighted by Crippen LogP contribution is -2.47. The van der Waals surface area contributed by atoms with Gasteiger partial charge in [-0.1, -0.05) is 131 Å². The Bertz CT molecular complexity index is 1530. The molecule has 418 valence electrons. The number of allylic oxidation sites excluding steroid dienone is 1. The number of morpholine rings is 1. The molecule has 0 radical (unpaired) electrons. The van der Waals surface area contributed by atoms with Gasteiger partial charge in [0.15, 0.2) is 0 Å². The smallest absolute Gasteiger partial charge is 0.248 e. The van der Waals surface area contributed by atoms with Crippen molar-refractivity contribution in [3.63, 3.8) is 0 Å². The van der Waals surface area contributed by atoms with E-state index in [-0.39, 0.29) is 11.0 Å². The number of ether oxygens (including phenoxy) is 3. The highest BCUT2D eigenvalue weighted by Crippen LogP contribution is 2.36. The summed E-state index contributed by atoms with van der Waals surface area (Å²) in [7, 11) is 2.22. The first-order valence-corrected chi connectivity index (χ1v) is 28.4. The molecular weight excluding hydrogens is 879 g/mol. The summed E-state index contributed by atoms with van der Waals surface area (Å²) in [6.07, 6.45) is 12.1. The number of nitrogens with one attached hydrogen (secondary N) is 3. The van der Waals surface area contributed by atoms with E-state index in [9.17, 15) is 4.79 Å². The summed E-state index contributed by atoms with van der Waals surface area (Å²) in [5.74, 6) is 4.28. The quantitative estimate of drug-likeness (QED) is 0.237. The zero-order valence-electron chi connectivity index (χ0n) is 51.2. The van der Waals surface area contributed by atoms with Gasteiger partial charge in [-0.15, -0.1) is 0 Å². The fourth-order valence-corrected chi connectivity index (χ4v) is 9.72. The Labute approximate surface area is 441 Å². The Balaban J connectivity index is 0.000000414. The third kappa shape index (κ3) is 29.8. The van der Waals surface area contributed by atoms with Crippen molar-refractivity contribution in [3.05, 3.63) is 46.5 Å². The number of aromatic amines is 1. The van der Waals surface area contributed by atoms with E-state index in [1.165, 1.54) is 76.8 Å². The molecule has 6 aliphatic heterocycles. The van der Waals surface area contributed by atoms with Gasteiger partial charge in [-0.25, -0.2) is 0 Å². The van der Waals surface area contributed by atoms with Crippen LogP contribution in [0.1, 0.15) is 202 Å². The van der Waals surface area contributed by atoms with E-state index < -0.39 is 0 Å². The van der Waals surface area contributed by atoms with Gasteiger partial charge in [-0.2, -0.15) is 0 Å². The normalized spacial score (nSPS) is 23.5. The number of likely N-dealkylation sites (tertiary alicyclic amines) is 1. The number of rotatable bonds is 0. The van der Waals surface area contributed by atoms with E-state index in [1.807, 2.05) is 6.07 Å². The Morgan fingerprint density at radius 3 is 1.34 bits per heavy atom. The minimum absolute atomic E-state index is 0.0302. The number of hydrogen-bond donors (Lipinski definition) is 3. The SMILES string of the molecule is C=C1CC(C(C)(C)C)CN1.CC(C)(C)C1CCCOC1.CC(C)(C)C1CCNC1.CC(C)(C)C1CCOCC1.CC(C)(C)N1CCOCC1.CC(C)(C)c1cc[nH]c(=O)c1.CN1CCC(C(C)(C)C)CC1. The maximum atomic E-state index is 10.9. The molecule has 3 atom stereocenters. The minimum Gasteiger partial charge on any atom is -0.388 e. The number of hydrogen-bond acceptors (Lipinski definition) is 8. The van der Waals surface area contributed by atoms with E-state index in [1.54, 1.807) is 12.3 Å². The van der Waals surface area contributed by atoms with Gasteiger partial charge >= 0.3 is 0 Å². The monoisotopic (exact) mass is 1000 g/mol. The lowest BCUT2D eigenvalue weighted by Gasteiger charge is -2.38. The molecule has 7 heterocycles. The highest BCUT2D eigenvalue weighted by molar-refractivity contribution is 5.19. The Morgan fingerprint density at radius 1 is 0.549 bits per heavy atom. The second kappa shape index (κ2) is 30.7. The highest BCUT2D eigenvalue weighted by Gasteiger charge is 2.31. The molecule has 0 spiro atoms. The Morgan fingerprint density at radius 2 is 1.04 bits per heavy atom. The van der Waals surface area contributed by atoms with Crippen LogP contribution in [0.3, 0.4) is 0 Å². The second-order valence-electron chi connectivity index (χ2n) is 29.2. The highest BCUT2D eigenvalue weighted by atomic mass is 16.5. The number of aromatic nitrogens is 1. The molecule has 9 heteroatoms. The predicted octanol–water partition coefficient (Wildman–Crippen LogP) is 13.9. The van der Waals surface area contributed by atoms with Crippen molar-refractivity contribution in [2.45, 2.75) is 208 Å². The number of pyridine rings is 1. The Hall–Kier alpha value is -1.75. The van der Waals surface area contributed by atoms with Crippen molar-refractivity contribution >= 4 is 0 Å². The molecule has 3 unspecified atom stereocenters. The van der Waals surface area contributed by atoms with E-state index in [0.29, 0.717) is 32.6 Å². The summed E-state index contributed by atoms with van der Waals surface area (Å²) < 4.78 is 16.0. The van der Waals surface area contributed by atoms with Crippen molar-refractivity contribution in [1.29, 1.82) is 0 Å². The molecule has 0 bridgehead atoms. The fraction of sp³-hybridized carbons (Fsp3) is 0.887. The second-order valence-corrected chi connectivity index (χ2v) is 29.2. The predicted molar refractivity (Wildman–Crippen MR) is 309 cm³/mol. The van der Waals surface area contributed by atoms with Gasteiger partial charge in [0, 0.05) is 69.6 Å². The third-order valence-corrected chi connectivity index (χ3v) is 16.0. The summed E-state index contributed by atoms with van der Waals surface area (Å²) in [6, 6.07) is 3.57. The van der Waals surface area contributed by atoms with Crippen LogP contribution in [0.2, 0.25) is 0 Å². The van der Waals surface area contributed by atoms with Crippen molar-refractivity contribution in [2.24, 2.45) is 56.7 Å². The standard InChI is InChI=1S/C10H21N.C9H13NO.C9H17N.2C9H18O.C8H17NO.C8H17N/c1-10(2,3)9-5-7-11(4)8-6-9;1-9(2,3)7-4-5-10-8(11)6-7;1-7-5-8(6-10-7)9(2,3)4;1-9(2,3)8-4-6-10-7-5-8;1-9(2,3)8-5-4-6-10-7-8;1-8(2,3)9-4-6-10-7-5-9;1-8(2,3)7-4-5-9-6-7/h9H,5-8H2,1-4H3;4-6H,1-3H3,(H,10,11);8,10H,1,5-6H2,2-4H3;2*8H,4-7H2,1-3H3;4-7H2,1-3H3;7,9H,4-6H2,1-3H3. The Kier molecular flexibility index (Phi) is 29.1. The van der Waals surface area contributed by atoms with Crippen LogP contribution < -0.4 is 16.2 Å². The van der Waals surface area contributed by atoms with Crippen molar-refractivity contribution in [3.8, 4) is 0 Å². The molecule has 6 aliphatic rings. The molecular formula is C62H121N5O4. The summed E-state index contributed by atoms with van der Waals surface area (Å²) in [5.41, 5.74) is 5.05. The molecule has 9 nitrogen and oxygen atoms in total. The maximum absolute atomic E-state index is 10.9. The van der Waals surface area contributed by atoms with Crippen molar-refractivity contribution in [2.75, 3.05) is 92.5 Å². The van der Waals surface area contributed by atoms with Gasteiger partial charge in [0.05, 0.1) is 13.2 Å². The van der Waals surface area contributed by atoms with Gasteiger partial charge in [0.1, 0.15) is 0 Å². The summed E-state index contributed by atoms with van der Waals surface area (Å²) in [4.78, 5) is 18.4. The van der Waals surface area contributed by atoms with E-state index in [4.69, 9.17) is 14.2 Å². The van der Waals surface area contributed by atoms with Gasteiger partial charge < -0.3 is 34.7 Å². The van der Waals surface area contributed by atoms with E-state index in [0.717, 1.165) is 101 Å². The lowest BCUT2D eigenvalue weighted by atomic mass is 9.75. The number of piperidine rings is 1. The topological polar surface area (TPSA) is 91.1 Å². The van der Waals surface area contributed by atoms with Crippen LogP contribution in [0.5, 0.6) is 0 Å². The van der Waals surface area contributed by atoms with Crippen LogP contribution in [0.25, 0.3) is 0 Å². The average Bonchev–Trinajstić information content (AvgIpc) is 3.99. The summed E-state index contributed by atoms with van der Waals surface area (Å²) in [6.45, 7) is 65.7. The van der Waals surface area contributed by atoms with Crippen LogP contribution >= 0.6 is 0 Å². The van der Waals surface area contributed by atoms with E-state index in [2.05, 4.69) is 184 Å². The molecule has 0 aliphatic carbocycles. The first-order valence-electron chi connectivity index (χ1n) is 28.4. The first-order chi connectivity index (χ1) is 32.4. The molecule has 1 aromatic heterocycles. The molecule has 1 aromatic rings. The lowest BCUT2D eigenvalue weighted by molar-refractivity contribution is -0.00389. The third-order valence-electron chi connectivity index (χ3n) is 16.0. The summed E-state index contributed by atoms with van der Waals surface area (Å²) >= 11 is 0. The van der Waals surface area contributed by atoms with Crippen LogP contribution in [-0.2, 0) is 19.6 Å². The minimum atomic E-state index is -0.0302. The van der Waals surface area contributed by atoms with Gasteiger partial charge in [-0.3, -0.25) is 9.69 Å². The molecule has 71 heavy (non-hydrogen) atoms. The largest absolute Gasteiger partial charge is 0.388 e. The van der Waals surface area contributed by atoms with Crippen molar-refractivity contribution < 1.29 is 14.2 Å². The molecule has 0 saturated carbocycles. The molecule has 6 saturated heterocycles. The van der Waals surface area contributed by atoms with Crippen LogP contribution in [-0.4, -0.2) is 113 Å². The van der Waals surface area contributed by atoms with Gasteiger partial charge in [0.2, 0.25) is 5.56 Å². The fourth-order valence-electron chi connectivity index (χ4n) is 9.72. The van der Waals surface area contributed by atoms with Gasteiger partial charge in [-0.05, 0) is 179 Å². The molecule has 7 rings (SSSR count). The molecule has 3 N–H and O–H groups in total. The van der Waals surface area contributed by atoms with Crippen LogP contribution in [0, 0.1) is 56.7 Å². The number of nitrogens with zero attached hydrogens (tertiary/aromatic N) is 2. The molecule has 0 amide bonds. The maximum Gasteiger partial charge on any atom is 0.248 e. The summed E-state index contributed by atoms with van der Waals surface area (Å²) in [5, 5.41) is 6.66. The van der Waals surface area contributed by atoms with Crippen molar-refractivity contribution in [1.82, 2.24) is 25.4 Å². The average molecular weight is 1000 g/mol.